The van der Waals surface area contributed by atoms with E-state index in [0.717, 1.165) is 54.6 Å². The molecule has 3 heterocycles. The molecule has 3 aliphatic rings. The molecule has 1 aliphatic carbocycles. The molecule has 3 atom stereocenters. The summed E-state index contributed by atoms with van der Waals surface area (Å²) in [6.45, 7) is 9.55. The van der Waals surface area contributed by atoms with Crippen molar-refractivity contribution in [3.63, 3.8) is 0 Å². The quantitative estimate of drug-likeness (QED) is 0.625. The Morgan fingerprint density at radius 2 is 1.97 bits per heavy atom. The van der Waals surface area contributed by atoms with Gasteiger partial charge in [-0.2, -0.15) is 5.10 Å². The highest BCUT2D eigenvalue weighted by molar-refractivity contribution is 6.02. The van der Waals surface area contributed by atoms with Crippen LogP contribution in [0.15, 0.2) is 18.2 Å². The summed E-state index contributed by atoms with van der Waals surface area (Å²) in [5.74, 6) is -0.409. The summed E-state index contributed by atoms with van der Waals surface area (Å²) in [5.41, 5.74) is 2.48. The van der Waals surface area contributed by atoms with Crippen molar-refractivity contribution < 1.29 is 19.1 Å². The maximum atomic E-state index is 12.4. The predicted octanol–water partition coefficient (Wildman–Crippen LogP) is 3.93. The Morgan fingerprint density at radius 1 is 1.22 bits per heavy atom. The zero-order valence-corrected chi connectivity index (χ0v) is 21.9. The summed E-state index contributed by atoms with van der Waals surface area (Å²) in [7, 11) is 1.89. The lowest BCUT2D eigenvalue weighted by Crippen LogP contribution is -2.62. The van der Waals surface area contributed by atoms with Gasteiger partial charge >= 0.3 is 6.09 Å². The van der Waals surface area contributed by atoms with E-state index in [4.69, 9.17) is 4.74 Å². The number of nitrogens with one attached hydrogen (secondary N) is 2. The normalized spacial score (nSPS) is 26.0. The number of carbonyl (C=O) groups is 3. The monoisotopic (exact) mass is 495 g/mol. The molecule has 2 N–H and O–H groups in total. The Hall–Kier alpha value is -3.10. The molecular weight excluding hydrogens is 458 g/mol. The van der Waals surface area contributed by atoms with Crippen molar-refractivity contribution in [3.05, 3.63) is 23.9 Å². The molecule has 0 radical (unpaired) electrons. The minimum atomic E-state index is -0.466. The van der Waals surface area contributed by atoms with Crippen LogP contribution in [-0.2, 0) is 21.4 Å². The van der Waals surface area contributed by atoms with Crippen LogP contribution in [0.2, 0.25) is 0 Å². The summed E-state index contributed by atoms with van der Waals surface area (Å²) in [6, 6.07) is 6.54. The van der Waals surface area contributed by atoms with Gasteiger partial charge in [-0.25, -0.2) is 4.79 Å². The van der Waals surface area contributed by atoms with Crippen LogP contribution < -0.4 is 10.6 Å². The smallest absolute Gasteiger partial charge is 0.410 e. The van der Waals surface area contributed by atoms with Gasteiger partial charge in [-0.3, -0.25) is 19.6 Å². The van der Waals surface area contributed by atoms with E-state index in [9.17, 15) is 14.4 Å². The first-order valence-corrected chi connectivity index (χ1v) is 13.0. The zero-order valence-electron chi connectivity index (χ0n) is 21.9. The van der Waals surface area contributed by atoms with E-state index < -0.39 is 11.5 Å². The second-order valence-electron chi connectivity index (χ2n) is 12.1. The van der Waals surface area contributed by atoms with Crippen LogP contribution in [-0.4, -0.2) is 57.3 Å². The molecule has 9 heteroatoms. The third kappa shape index (κ3) is 4.67. The summed E-state index contributed by atoms with van der Waals surface area (Å²) in [6.07, 6.45) is 3.84. The van der Waals surface area contributed by atoms with E-state index in [1.807, 2.05) is 43.5 Å². The number of fused-ring (bicyclic) bond motifs is 1. The molecule has 0 bridgehead atoms. The van der Waals surface area contributed by atoms with Gasteiger partial charge in [0.05, 0.1) is 17.1 Å². The molecular formula is C27H37N5O4. The van der Waals surface area contributed by atoms with Crippen molar-refractivity contribution in [1.82, 2.24) is 20.0 Å². The zero-order chi connectivity index (χ0) is 25.8. The number of anilines is 1. The molecule has 194 valence electrons. The third-order valence-corrected chi connectivity index (χ3v) is 7.93. The predicted molar refractivity (Wildman–Crippen MR) is 137 cm³/mol. The highest BCUT2D eigenvalue weighted by Gasteiger charge is 2.50. The first-order chi connectivity index (χ1) is 16.9. The lowest BCUT2D eigenvalue weighted by Gasteiger charge is -2.55. The van der Waals surface area contributed by atoms with E-state index in [1.54, 1.807) is 0 Å². The second-order valence-corrected chi connectivity index (χ2v) is 12.1. The van der Waals surface area contributed by atoms with Gasteiger partial charge in [-0.15, -0.1) is 0 Å². The number of aromatic nitrogens is 2. The molecule has 1 spiro atoms. The van der Waals surface area contributed by atoms with Gasteiger partial charge < -0.3 is 15.0 Å². The second kappa shape index (κ2) is 8.78. The summed E-state index contributed by atoms with van der Waals surface area (Å²) in [4.78, 5) is 38.2. The largest absolute Gasteiger partial charge is 0.444 e. The fourth-order valence-electron chi connectivity index (χ4n) is 6.20. The van der Waals surface area contributed by atoms with Gasteiger partial charge in [0.25, 0.3) is 0 Å². The van der Waals surface area contributed by atoms with Crippen LogP contribution in [0.4, 0.5) is 10.5 Å². The van der Waals surface area contributed by atoms with Crippen molar-refractivity contribution in [2.45, 2.75) is 77.4 Å². The molecule has 2 aliphatic heterocycles. The first kappa shape index (κ1) is 24.6. The van der Waals surface area contributed by atoms with Crippen LogP contribution >= 0.6 is 0 Å². The molecule has 3 fully saturated rings. The van der Waals surface area contributed by atoms with E-state index in [-0.39, 0.29) is 23.3 Å². The van der Waals surface area contributed by atoms with Gasteiger partial charge in [0.1, 0.15) is 5.60 Å². The number of nitrogens with zero attached hydrogens (tertiary/aromatic N) is 3. The molecule has 1 aromatic heterocycles. The Balaban J connectivity index is 1.23. The highest BCUT2D eigenvalue weighted by Crippen LogP contribution is 2.47. The van der Waals surface area contributed by atoms with Crippen molar-refractivity contribution in [3.8, 4) is 0 Å². The van der Waals surface area contributed by atoms with Gasteiger partial charge in [0.2, 0.25) is 11.8 Å². The van der Waals surface area contributed by atoms with Gasteiger partial charge in [0.15, 0.2) is 0 Å². The Morgan fingerprint density at radius 3 is 2.64 bits per heavy atom. The van der Waals surface area contributed by atoms with Crippen LogP contribution in [0, 0.1) is 11.3 Å². The van der Waals surface area contributed by atoms with E-state index in [1.165, 1.54) is 0 Å². The highest BCUT2D eigenvalue weighted by atomic mass is 16.6. The van der Waals surface area contributed by atoms with Crippen LogP contribution in [0.25, 0.3) is 10.9 Å². The number of hydrogen-bond acceptors (Lipinski definition) is 6. The summed E-state index contributed by atoms with van der Waals surface area (Å²) in [5, 5.41) is 11.8. The molecule has 1 saturated carbocycles. The number of benzene rings is 1. The summed E-state index contributed by atoms with van der Waals surface area (Å²) < 4.78 is 7.35. The molecule has 36 heavy (non-hydrogen) atoms. The average Bonchev–Trinajstić information content (AvgIpc) is 3.08. The number of aryl methyl sites for hydroxylation is 1. The van der Waals surface area contributed by atoms with Crippen molar-refractivity contribution in [1.29, 1.82) is 0 Å². The number of imide groups is 1. The third-order valence-electron chi connectivity index (χ3n) is 7.93. The maximum absolute atomic E-state index is 12.4. The topological polar surface area (TPSA) is 106 Å². The fraction of sp³-hybridized carbons (Fsp3) is 0.630. The van der Waals surface area contributed by atoms with Gasteiger partial charge in [0, 0.05) is 49.1 Å². The Kier molecular flexibility index (Phi) is 6.00. The number of carbonyl (C=O) groups excluding carboxylic acids is 3. The Bertz CT molecular complexity index is 1210. The van der Waals surface area contributed by atoms with E-state index in [2.05, 4.69) is 34.8 Å². The number of piperidine rings is 1. The van der Waals surface area contributed by atoms with Crippen molar-refractivity contribution in [2.24, 2.45) is 18.4 Å². The summed E-state index contributed by atoms with van der Waals surface area (Å²) >= 11 is 0. The number of likely N-dealkylation sites (tertiary alicyclic amines) is 1. The number of rotatable bonds is 3. The maximum Gasteiger partial charge on any atom is 0.410 e. The first-order valence-electron chi connectivity index (χ1n) is 13.0. The molecule has 3 amide bonds. The number of ether oxygens (including phenoxy) is 1. The fourth-order valence-corrected chi connectivity index (χ4v) is 6.20. The molecule has 1 unspecified atom stereocenters. The SMILES string of the molecule is C[C@@H]1CC2(CC[C@@H]1Nc1ccc3c(C4CCC(=O)NC4=O)nn(C)c3c1)CN(C(=O)OC(C)(C)C)C2. The van der Waals surface area contributed by atoms with Crippen LogP contribution in [0.5, 0.6) is 0 Å². The minimum Gasteiger partial charge on any atom is -0.444 e. The average molecular weight is 496 g/mol. The molecule has 9 nitrogen and oxygen atoms in total. The molecule has 2 aromatic rings. The number of hydrogen-bond donors (Lipinski definition) is 2. The number of amides is 3. The van der Waals surface area contributed by atoms with Crippen molar-refractivity contribution in [2.75, 3.05) is 18.4 Å². The molecule has 2 saturated heterocycles. The Labute approximate surface area is 211 Å². The molecule has 5 rings (SSSR count). The minimum absolute atomic E-state index is 0.206. The van der Waals surface area contributed by atoms with Gasteiger partial charge in [-0.05, 0) is 70.6 Å². The lowest BCUT2D eigenvalue weighted by molar-refractivity contribution is -0.134. The van der Waals surface area contributed by atoms with Crippen LogP contribution in [0.1, 0.15) is 71.4 Å². The van der Waals surface area contributed by atoms with Gasteiger partial charge in [-0.1, -0.05) is 6.92 Å². The van der Waals surface area contributed by atoms with E-state index in [0.29, 0.717) is 24.8 Å². The molecule has 1 aromatic carbocycles. The van der Waals surface area contributed by atoms with E-state index >= 15 is 0 Å². The standard InChI is InChI=1S/C27H37N5O4/c1-16-13-27(14-32(15-27)25(35)36-26(2,3)4)11-10-20(16)28-17-6-7-18-21(12-17)31(5)30-23(18)19-8-9-22(33)29-24(19)34/h6-7,12,16,19-20,28H,8-11,13-15H2,1-5H3,(H,29,33,34)/t16-,19?,20+/m1/s1. The van der Waals surface area contributed by atoms with Crippen LogP contribution in [0.3, 0.4) is 0 Å². The lowest BCUT2D eigenvalue weighted by atomic mass is 9.64. The van der Waals surface area contributed by atoms with Crippen molar-refractivity contribution >= 4 is 34.5 Å².